The first kappa shape index (κ1) is 11.5. The molecule has 1 rings (SSSR count). The standard InChI is InChI=1S/C8H4F4S2/c9-6-3-1-5(2-4-6)7(13)14-8(10,11)12/h1-4H. The van der Waals surface area contributed by atoms with Gasteiger partial charge in [0.1, 0.15) is 5.82 Å². The highest BCUT2D eigenvalue weighted by Crippen LogP contribution is 2.33. The van der Waals surface area contributed by atoms with E-state index < -0.39 is 11.3 Å². The van der Waals surface area contributed by atoms with Crippen LogP contribution in [0.4, 0.5) is 17.6 Å². The SMILES string of the molecule is Fc1ccc(C(=S)SC(F)(F)F)cc1. The van der Waals surface area contributed by atoms with Crippen molar-refractivity contribution < 1.29 is 17.6 Å². The Morgan fingerprint density at radius 1 is 1.14 bits per heavy atom. The molecule has 0 N–H and O–H groups in total. The summed E-state index contributed by atoms with van der Waals surface area (Å²) in [5.41, 5.74) is -4.20. The second kappa shape index (κ2) is 4.27. The summed E-state index contributed by atoms with van der Waals surface area (Å²) in [5.74, 6) is -0.506. The molecule has 0 saturated heterocycles. The van der Waals surface area contributed by atoms with Crippen LogP contribution in [0.5, 0.6) is 0 Å². The van der Waals surface area contributed by atoms with Crippen LogP contribution >= 0.6 is 24.0 Å². The summed E-state index contributed by atoms with van der Waals surface area (Å²) in [6.07, 6.45) is 0. The molecule has 1 aromatic carbocycles. The Labute approximate surface area is 87.3 Å². The number of hydrogen-bond donors (Lipinski definition) is 0. The molecule has 0 saturated carbocycles. The molecule has 1 aromatic rings. The third-order valence-electron chi connectivity index (χ3n) is 1.29. The second-order valence-electron chi connectivity index (χ2n) is 2.34. The molecule has 6 heteroatoms. The van der Waals surface area contributed by atoms with Gasteiger partial charge in [-0.2, -0.15) is 13.2 Å². The van der Waals surface area contributed by atoms with Gasteiger partial charge in [-0.3, -0.25) is 0 Å². The lowest BCUT2D eigenvalue weighted by molar-refractivity contribution is -0.0315. The summed E-state index contributed by atoms with van der Waals surface area (Å²) in [4.78, 5) is 0. The van der Waals surface area contributed by atoms with Crippen molar-refractivity contribution in [1.29, 1.82) is 0 Å². The summed E-state index contributed by atoms with van der Waals surface area (Å²) in [6, 6.07) is 4.57. The lowest BCUT2D eigenvalue weighted by Crippen LogP contribution is -2.05. The molecule has 76 valence electrons. The van der Waals surface area contributed by atoms with Gasteiger partial charge >= 0.3 is 5.51 Å². The van der Waals surface area contributed by atoms with Crippen LogP contribution in [0.3, 0.4) is 0 Å². The van der Waals surface area contributed by atoms with Crippen molar-refractivity contribution in [2.45, 2.75) is 5.51 Å². The Balaban J connectivity index is 2.76. The van der Waals surface area contributed by atoms with Crippen molar-refractivity contribution in [3.05, 3.63) is 35.6 Å². The molecule has 0 bridgehead atoms. The molecule has 0 radical (unpaired) electrons. The van der Waals surface area contributed by atoms with Crippen molar-refractivity contribution in [2.75, 3.05) is 0 Å². The molecule has 0 unspecified atom stereocenters. The van der Waals surface area contributed by atoms with Gasteiger partial charge in [0.05, 0.1) is 4.20 Å². The van der Waals surface area contributed by atoms with Crippen LogP contribution in [0, 0.1) is 5.82 Å². The zero-order valence-electron chi connectivity index (χ0n) is 6.64. The Morgan fingerprint density at radius 2 is 1.64 bits per heavy atom. The lowest BCUT2D eigenvalue weighted by atomic mass is 10.2. The van der Waals surface area contributed by atoms with E-state index in [9.17, 15) is 17.6 Å². The fraction of sp³-hybridized carbons (Fsp3) is 0.125. The molecule has 0 aliphatic heterocycles. The fourth-order valence-corrected chi connectivity index (χ4v) is 1.63. The predicted molar refractivity (Wildman–Crippen MR) is 51.7 cm³/mol. The van der Waals surface area contributed by atoms with E-state index in [0.29, 0.717) is 0 Å². The summed E-state index contributed by atoms with van der Waals surface area (Å²) in [6.45, 7) is 0. The Kier molecular flexibility index (Phi) is 3.49. The summed E-state index contributed by atoms with van der Waals surface area (Å²) in [5, 5.41) is 0. The van der Waals surface area contributed by atoms with Gasteiger partial charge in [-0.25, -0.2) is 4.39 Å². The molecule has 14 heavy (non-hydrogen) atoms. The maximum absolute atomic E-state index is 12.4. The molecule has 0 spiro atoms. The Hall–Kier alpha value is -0.620. The van der Waals surface area contributed by atoms with E-state index in [1.54, 1.807) is 0 Å². The van der Waals surface area contributed by atoms with Gasteiger partial charge in [-0.05, 0) is 29.5 Å². The number of benzene rings is 1. The molecule has 0 aromatic heterocycles. The van der Waals surface area contributed by atoms with E-state index in [2.05, 4.69) is 12.2 Å². The second-order valence-corrected chi connectivity index (χ2v) is 4.08. The van der Waals surface area contributed by atoms with Crippen LogP contribution in [0.2, 0.25) is 0 Å². The van der Waals surface area contributed by atoms with Gasteiger partial charge in [0.25, 0.3) is 0 Å². The molecule has 0 aliphatic rings. The first-order chi connectivity index (χ1) is 6.38. The van der Waals surface area contributed by atoms with Gasteiger partial charge in [-0.15, -0.1) is 0 Å². The molecule has 0 aliphatic carbocycles. The number of alkyl halides is 3. The largest absolute Gasteiger partial charge is 0.447 e. The van der Waals surface area contributed by atoms with E-state index in [0.717, 1.165) is 12.1 Å². The molecule has 0 fully saturated rings. The van der Waals surface area contributed by atoms with Gasteiger partial charge in [0.2, 0.25) is 0 Å². The fourth-order valence-electron chi connectivity index (χ4n) is 0.750. The van der Waals surface area contributed by atoms with Crippen LogP contribution in [0.1, 0.15) is 5.56 Å². The number of rotatable bonds is 1. The van der Waals surface area contributed by atoms with Crippen LogP contribution in [0.25, 0.3) is 0 Å². The first-order valence-electron chi connectivity index (χ1n) is 3.44. The molecular weight excluding hydrogens is 236 g/mol. The van der Waals surface area contributed by atoms with E-state index >= 15 is 0 Å². The third-order valence-corrected chi connectivity index (χ3v) is 2.43. The number of hydrogen-bond acceptors (Lipinski definition) is 2. The highest BCUT2D eigenvalue weighted by atomic mass is 32.2. The van der Waals surface area contributed by atoms with Crippen molar-refractivity contribution in [3.63, 3.8) is 0 Å². The maximum atomic E-state index is 12.4. The topological polar surface area (TPSA) is 0 Å². The average Bonchev–Trinajstić information content (AvgIpc) is 2.02. The summed E-state index contributed by atoms with van der Waals surface area (Å²) >= 11 is 4.16. The quantitative estimate of drug-likeness (QED) is 0.541. The van der Waals surface area contributed by atoms with Crippen molar-refractivity contribution >= 4 is 28.2 Å². The van der Waals surface area contributed by atoms with Crippen molar-refractivity contribution in [1.82, 2.24) is 0 Å². The van der Waals surface area contributed by atoms with Gasteiger partial charge in [0.15, 0.2) is 0 Å². The lowest BCUT2D eigenvalue weighted by Gasteiger charge is -2.06. The predicted octanol–water partition coefficient (Wildman–Crippen LogP) is 3.75. The number of halogens is 4. The maximum Gasteiger partial charge on any atom is 0.447 e. The Bertz CT molecular complexity index is 328. The molecule has 0 atom stereocenters. The first-order valence-corrected chi connectivity index (χ1v) is 4.66. The van der Waals surface area contributed by atoms with Crippen LogP contribution in [0.15, 0.2) is 24.3 Å². The van der Waals surface area contributed by atoms with Crippen LogP contribution in [-0.4, -0.2) is 9.70 Å². The van der Waals surface area contributed by atoms with E-state index in [1.165, 1.54) is 12.1 Å². The Morgan fingerprint density at radius 3 is 2.07 bits per heavy atom. The minimum absolute atomic E-state index is 0.198. The minimum Gasteiger partial charge on any atom is -0.207 e. The van der Waals surface area contributed by atoms with Crippen LogP contribution < -0.4 is 0 Å². The van der Waals surface area contributed by atoms with Gasteiger partial charge < -0.3 is 0 Å². The van der Waals surface area contributed by atoms with E-state index in [4.69, 9.17) is 0 Å². The summed E-state index contributed by atoms with van der Waals surface area (Å²) < 4.78 is 47.7. The number of thioether (sulfide) groups is 1. The van der Waals surface area contributed by atoms with Gasteiger partial charge in [-0.1, -0.05) is 24.4 Å². The normalized spacial score (nSPS) is 11.4. The smallest absolute Gasteiger partial charge is 0.207 e. The monoisotopic (exact) mass is 240 g/mol. The summed E-state index contributed by atoms with van der Waals surface area (Å²) in [7, 11) is 0. The number of thiocarbonyl (C=S) groups is 1. The third kappa shape index (κ3) is 3.63. The highest BCUT2D eigenvalue weighted by Gasteiger charge is 2.30. The van der Waals surface area contributed by atoms with E-state index in [-0.39, 0.29) is 21.5 Å². The molecule has 0 amide bonds. The zero-order valence-corrected chi connectivity index (χ0v) is 8.27. The highest BCUT2D eigenvalue weighted by molar-refractivity contribution is 8.24. The molecule has 0 nitrogen and oxygen atoms in total. The average molecular weight is 240 g/mol. The van der Waals surface area contributed by atoms with Crippen molar-refractivity contribution in [2.24, 2.45) is 0 Å². The van der Waals surface area contributed by atoms with Crippen LogP contribution in [-0.2, 0) is 0 Å². The van der Waals surface area contributed by atoms with Gasteiger partial charge in [0, 0.05) is 0 Å². The van der Waals surface area contributed by atoms with E-state index in [1.807, 2.05) is 0 Å². The molecule has 0 heterocycles. The minimum atomic E-state index is -4.40. The van der Waals surface area contributed by atoms with Crippen molar-refractivity contribution in [3.8, 4) is 0 Å². The molecular formula is C8H4F4S2. The zero-order chi connectivity index (χ0) is 10.8.